The van der Waals surface area contributed by atoms with Crippen molar-refractivity contribution >= 4 is 0 Å². The number of nitrogens with zero attached hydrogens (tertiary/aromatic N) is 1. The van der Waals surface area contributed by atoms with Gasteiger partial charge in [0, 0.05) is 13.2 Å². The highest BCUT2D eigenvalue weighted by Gasteiger charge is 2.08. The van der Waals surface area contributed by atoms with Crippen LogP contribution in [-0.4, -0.2) is 38.8 Å². The summed E-state index contributed by atoms with van der Waals surface area (Å²) in [5.74, 6) is 2.05. The zero-order chi connectivity index (χ0) is 12.7. The first-order chi connectivity index (χ1) is 8.17. The van der Waals surface area contributed by atoms with Gasteiger partial charge in [-0.1, -0.05) is 0 Å². The molecule has 4 heteroatoms. The van der Waals surface area contributed by atoms with Gasteiger partial charge in [-0.3, -0.25) is 4.90 Å². The molecule has 1 aromatic rings. The normalized spacial score (nSPS) is 11.4. The fraction of sp³-hybridized carbons (Fsp3) is 0.692. The summed E-state index contributed by atoms with van der Waals surface area (Å²) >= 11 is 0. The van der Waals surface area contributed by atoms with Gasteiger partial charge in [-0.2, -0.15) is 0 Å². The first-order valence-corrected chi connectivity index (χ1v) is 6.16. The van der Waals surface area contributed by atoms with Crippen LogP contribution in [0.5, 0.6) is 0 Å². The second kappa shape index (κ2) is 7.48. The van der Waals surface area contributed by atoms with E-state index < -0.39 is 0 Å². The summed E-state index contributed by atoms with van der Waals surface area (Å²) in [5.41, 5.74) is 1.22. The van der Waals surface area contributed by atoms with Gasteiger partial charge in [-0.25, -0.2) is 0 Å². The van der Waals surface area contributed by atoms with Gasteiger partial charge in [0.25, 0.3) is 0 Å². The molecule has 0 aliphatic heterocycles. The van der Waals surface area contributed by atoms with E-state index in [0.717, 1.165) is 44.4 Å². The Morgan fingerprint density at radius 1 is 1.47 bits per heavy atom. The van der Waals surface area contributed by atoms with E-state index in [2.05, 4.69) is 30.3 Å². The molecule has 0 aliphatic carbocycles. The lowest BCUT2D eigenvalue weighted by molar-refractivity contribution is 0.118. The first kappa shape index (κ1) is 14.2. The minimum Gasteiger partial charge on any atom is -0.463 e. The third kappa shape index (κ3) is 4.89. The Bertz CT molecular complexity index is 323. The van der Waals surface area contributed by atoms with Crippen LogP contribution >= 0.6 is 0 Å². The molecular formula is C13H24N2O2. The number of aryl methyl sites for hydroxylation is 1. The maximum Gasteiger partial charge on any atom is 0.120 e. The molecule has 0 spiro atoms. The van der Waals surface area contributed by atoms with Crippen molar-refractivity contribution < 1.29 is 9.15 Å². The topological polar surface area (TPSA) is 37.6 Å². The van der Waals surface area contributed by atoms with Gasteiger partial charge < -0.3 is 14.5 Å². The van der Waals surface area contributed by atoms with E-state index >= 15 is 0 Å². The summed E-state index contributed by atoms with van der Waals surface area (Å²) < 4.78 is 11.1. The Labute approximate surface area is 104 Å². The Morgan fingerprint density at radius 3 is 2.88 bits per heavy atom. The van der Waals surface area contributed by atoms with Crippen LogP contribution in [0, 0.1) is 6.92 Å². The van der Waals surface area contributed by atoms with Crippen molar-refractivity contribution in [2.24, 2.45) is 0 Å². The molecule has 1 rings (SSSR count). The third-order valence-electron chi connectivity index (χ3n) is 2.66. The van der Waals surface area contributed by atoms with Crippen LogP contribution < -0.4 is 5.32 Å². The number of furan rings is 1. The SMILES string of the molecule is CCOCCN(C)Cc1cc(C)c(CNC)o1. The highest BCUT2D eigenvalue weighted by Crippen LogP contribution is 2.15. The number of likely N-dealkylation sites (N-methyl/N-ethyl adjacent to an activating group) is 1. The molecule has 1 aromatic heterocycles. The van der Waals surface area contributed by atoms with E-state index in [1.165, 1.54) is 5.56 Å². The molecule has 0 atom stereocenters. The zero-order valence-corrected chi connectivity index (χ0v) is 11.4. The summed E-state index contributed by atoms with van der Waals surface area (Å²) in [4.78, 5) is 2.21. The molecule has 1 N–H and O–H groups in total. The highest BCUT2D eigenvalue weighted by atomic mass is 16.5. The van der Waals surface area contributed by atoms with Crippen LogP contribution in [0.25, 0.3) is 0 Å². The van der Waals surface area contributed by atoms with Gasteiger partial charge in [-0.05, 0) is 39.6 Å². The van der Waals surface area contributed by atoms with E-state index in [0.29, 0.717) is 0 Å². The summed E-state index contributed by atoms with van der Waals surface area (Å²) in [6, 6.07) is 2.11. The van der Waals surface area contributed by atoms with Crippen molar-refractivity contribution in [3.05, 3.63) is 23.2 Å². The van der Waals surface area contributed by atoms with Crippen molar-refractivity contribution in [3.63, 3.8) is 0 Å². The van der Waals surface area contributed by atoms with Gasteiger partial charge in [0.15, 0.2) is 0 Å². The van der Waals surface area contributed by atoms with Crippen LogP contribution in [0.3, 0.4) is 0 Å². The molecule has 0 amide bonds. The van der Waals surface area contributed by atoms with Gasteiger partial charge in [0.1, 0.15) is 11.5 Å². The van der Waals surface area contributed by atoms with Crippen molar-refractivity contribution in [1.82, 2.24) is 10.2 Å². The number of hydrogen-bond donors (Lipinski definition) is 1. The van der Waals surface area contributed by atoms with E-state index in [9.17, 15) is 0 Å². The fourth-order valence-corrected chi connectivity index (χ4v) is 1.71. The summed E-state index contributed by atoms with van der Waals surface area (Å²) in [7, 11) is 4.00. The molecule has 1 heterocycles. The van der Waals surface area contributed by atoms with Gasteiger partial charge >= 0.3 is 0 Å². The lowest BCUT2D eigenvalue weighted by Gasteiger charge is -2.14. The Morgan fingerprint density at radius 2 is 2.24 bits per heavy atom. The Hall–Kier alpha value is -0.840. The quantitative estimate of drug-likeness (QED) is 0.703. The zero-order valence-electron chi connectivity index (χ0n) is 11.4. The minimum atomic E-state index is 0.774. The molecule has 0 saturated heterocycles. The molecule has 0 radical (unpaired) electrons. The van der Waals surface area contributed by atoms with E-state index in [1.54, 1.807) is 0 Å². The van der Waals surface area contributed by atoms with Crippen LogP contribution in [0.2, 0.25) is 0 Å². The monoisotopic (exact) mass is 240 g/mol. The van der Waals surface area contributed by atoms with Crippen molar-refractivity contribution in [1.29, 1.82) is 0 Å². The predicted octanol–water partition coefficient (Wildman–Crippen LogP) is 1.78. The Kier molecular flexibility index (Phi) is 6.26. The van der Waals surface area contributed by atoms with Gasteiger partial charge in [0.2, 0.25) is 0 Å². The predicted molar refractivity (Wildman–Crippen MR) is 69.0 cm³/mol. The smallest absolute Gasteiger partial charge is 0.120 e. The number of hydrogen-bond acceptors (Lipinski definition) is 4. The summed E-state index contributed by atoms with van der Waals surface area (Å²) in [5, 5.41) is 3.11. The minimum absolute atomic E-state index is 0.774. The van der Waals surface area contributed by atoms with Crippen molar-refractivity contribution in [2.75, 3.05) is 33.9 Å². The number of rotatable bonds is 8. The lowest BCUT2D eigenvalue weighted by atomic mass is 10.2. The molecule has 0 aromatic carbocycles. The van der Waals surface area contributed by atoms with Crippen LogP contribution in [0.15, 0.2) is 10.5 Å². The van der Waals surface area contributed by atoms with Crippen LogP contribution in [0.1, 0.15) is 24.0 Å². The molecule has 17 heavy (non-hydrogen) atoms. The number of ether oxygens (including phenoxy) is 1. The van der Waals surface area contributed by atoms with E-state index in [4.69, 9.17) is 9.15 Å². The molecule has 0 fully saturated rings. The molecular weight excluding hydrogens is 216 g/mol. The van der Waals surface area contributed by atoms with Crippen molar-refractivity contribution in [2.45, 2.75) is 26.9 Å². The van der Waals surface area contributed by atoms with Gasteiger partial charge in [-0.15, -0.1) is 0 Å². The molecule has 4 nitrogen and oxygen atoms in total. The summed E-state index contributed by atoms with van der Waals surface area (Å²) in [6.45, 7) is 8.19. The van der Waals surface area contributed by atoms with Gasteiger partial charge in [0.05, 0.1) is 19.7 Å². The molecule has 0 bridgehead atoms. The first-order valence-electron chi connectivity index (χ1n) is 6.16. The standard InChI is InChI=1S/C13H24N2O2/c1-5-16-7-6-15(4)10-12-8-11(2)13(17-12)9-14-3/h8,14H,5-7,9-10H2,1-4H3. The maximum absolute atomic E-state index is 5.79. The lowest BCUT2D eigenvalue weighted by Crippen LogP contribution is -2.22. The van der Waals surface area contributed by atoms with Crippen molar-refractivity contribution in [3.8, 4) is 0 Å². The average Bonchev–Trinajstić information content (AvgIpc) is 2.60. The maximum atomic E-state index is 5.79. The largest absolute Gasteiger partial charge is 0.463 e. The molecule has 0 saturated carbocycles. The van der Waals surface area contributed by atoms with Crippen LogP contribution in [-0.2, 0) is 17.8 Å². The second-order valence-corrected chi connectivity index (χ2v) is 4.28. The van der Waals surface area contributed by atoms with E-state index in [1.807, 2.05) is 14.0 Å². The molecule has 98 valence electrons. The Balaban J connectivity index is 2.42. The molecule has 0 aliphatic rings. The van der Waals surface area contributed by atoms with E-state index in [-0.39, 0.29) is 0 Å². The average molecular weight is 240 g/mol. The second-order valence-electron chi connectivity index (χ2n) is 4.28. The summed E-state index contributed by atoms with van der Waals surface area (Å²) in [6.07, 6.45) is 0. The third-order valence-corrected chi connectivity index (χ3v) is 2.66. The fourth-order valence-electron chi connectivity index (χ4n) is 1.71. The number of nitrogens with one attached hydrogen (secondary N) is 1. The van der Waals surface area contributed by atoms with Crippen LogP contribution in [0.4, 0.5) is 0 Å². The highest BCUT2D eigenvalue weighted by molar-refractivity contribution is 5.19. The molecule has 0 unspecified atom stereocenters.